The maximum absolute atomic E-state index is 4.88. The van der Waals surface area contributed by atoms with Crippen molar-refractivity contribution in [2.24, 2.45) is 0 Å². The molecule has 0 unspecified atom stereocenters. The topological polar surface area (TPSA) is 110 Å². The standard InChI is InChI=1S/C54H40N10/c1-31(2)45-25-47(63(37-21-33-9-5-17-55-51(33)59-27-37)38-22-34-10-6-18-56-52(34)60-28-38)43-16-14-42-46(32(3)4)26-48(44-15-13-41(45)49(43)50(42)44)64(39-23-35-11-7-19-57-53(35)61-29-39)40-24-36-12-8-20-58-54(36)62-30-40/h5-32H,1-4H3. The SMILES string of the molecule is CC(C)c1cc(N(c2cnc3ncccc3c2)c2cnc3ncccc3c2)c2ccc3c(C(C)C)cc(N(c4cnc5ncccc5c4)c4cnc5ncccc5c4)c4ccc1c2c34. The molecule has 8 heterocycles. The Balaban J connectivity index is 1.19. The van der Waals surface area contributed by atoms with E-state index in [4.69, 9.17) is 19.9 Å². The van der Waals surface area contributed by atoms with Crippen LogP contribution in [0.3, 0.4) is 0 Å². The average Bonchev–Trinajstić information content (AvgIpc) is 3.33. The zero-order chi connectivity index (χ0) is 43.1. The summed E-state index contributed by atoms with van der Waals surface area (Å²) in [5.41, 5.74) is 11.0. The highest BCUT2D eigenvalue weighted by Crippen LogP contribution is 2.51. The molecule has 10 heteroatoms. The highest BCUT2D eigenvalue weighted by Gasteiger charge is 2.27. The second-order valence-electron chi connectivity index (χ2n) is 17.0. The predicted octanol–water partition coefficient (Wildman–Crippen LogP) is 13.5. The Morgan fingerprint density at radius 1 is 0.344 bits per heavy atom. The Morgan fingerprint density at radius 3 is 0.938 bits per heavy atom. The molecule has 0 N–H and O–H groups in total. The highest BCUT2D eigenvalue weighted by molar-refractivity contribution is 6.29. The van der Waals surface area contributed by atoms with Crippen molar-refractivity contribution in [2.75, 3.05) is 9.80 Å². The number of hydrogen-bond acceptors (Lipinski definition) is 10. The van der Waals surface area contributed by atoms with Crippen molar-refractivity contribution in [2.45, 2.75) is 39.5 Å². The van der Waals surface area contributed by atoms with E-state index in [-0.39, 0.29) is 11.8 Å². The van der Waals surface area contributed by atoms with Crippen LogP contribution in [-0.4, -0.2) is 39.9 Å². The van der Waals surface area contributed by atoms with Crippen LogP contribution in [-0.2, 0) is 0 Å². The quantitative estimate of drug-likeness (QED) is 0.137. The fourth-order valence-corrected chi connectivity index (χ4v) is 9.49. The first-order valence-electron chi connectivity index (χ1n) is 21.6. The molecule has 8 aromatic heterocycles. The maximum Gasteiger partial charge on any atom is 0.159 e. The monoisotopic (exact) mass is 828 g/mol. The zero-order valence-corrected chi connectivity index (χ0v) is 35.6. The molecule has 0 spiro atoms. The van der Waals surface area contributed by atoms with E-state index in [2.05, 4.69) is 142 Å². The summed E-state index contributed by atoms with van der Waals surface area (Å²) in [5.74, 6) is 0.413. The van der Waals surface area contributed by atoms with E-state index in [1.807, 2.05) is 49.1 Å². The molecule has 4 aromatic carbocycles. The fraction of sp³-hybridized carbons (Fsp3) is 0.111. The van der Waals surface area contributed by atoms with Crippen molar-refractivity contribution in [1.82, 2.24) is 39.9 Å². The summed E-state index contributed by atoms with van der Waals surface area (Å²) in [6.45, 7) is 9.12. The van der Waals surface area contributed by atoms with Gasteiger partial charge in [0.15, 0.2) is 22.6 Å². The third kappa shape index (κ3) is 6.01. The number of anilines is 6. The summed E-state index contributed by atoms with van der Waals surface area (Å²) >= 11 is 0. The first-order chi connectivity index (χ1) is 31.4. The number of aromatic nitrogens is 8. The summed E-state index contributed by atoms with van der Waals surface area (Å²) in [5, 5.41) is 10.9. The molecule has 12 aromatic rings. The Kier molecular flexibility index (Phi) is 8.62. The van der Waals surface area contributed by atoms with E-state index >= 15 is 0 Å². The van der Waals surface area contributed by atoms with Gasteiger partial charge in [-0.25, -0.2) is 39.9 Å². The number of hydrogen-bond donors (Lipinski definition) is 0. The van der Waals surface area contributed by atoms with Gasteiger partial charge in [-0.2, -0.15) is 0 Å². The molecular formula is C54H40N10. The number of pyridine rings is 8. The lowest BCUT2D eigenvalue weighted by Gasteiger charge is -2.31. The van der Waals surface area contributed by atoms with Gasteiger partial charge in [-0.1, -0.05) is 52.0 Å². The Hall–Kier alpha value is -8.24. The van der Waals surface area contributed by atoms with Gasteiger partial charge in [-0.05, 0) is 129 Å². The summed E-state index contributed by atoms with van der Waals surface area (Å²) < 4.78 is 0. The molecule has 0 aliphatic rings. The molecular weight excluding hydrogens is 789 g/mol. The lowest BCUT2D eigenvalue weighted by Crippen LogP contribution is -2.14. The van der Waals surface area contributed by atoms with Gasteiger partial charge in [0.05, 0.1) is 58.9 Å². The van der Waals surface area contributed by atoms with Crippen molar-refractivity contribution in [1.29, 1.82) is 0 Å². The Bertz CT molecular complexity index is 3380. The zero-order valence-electron chi connectivity index (χ0n) is 35.6. The van der Waals surface area contributed by atoms with Crippen molar-refractivity contribution in [3.05, 3.63) is 170 Å². The lowest BCUT2D eigenvalue weighted by atomic mass is 9.84. The van der Waals surface area contributed by atoms with Gasteiger partial charge in [0.25, 0.3) is 0 Å². The minimum Gasteiger partial charge on any atom is -0.307 e. The molecule has 0 radical (unpaired) electrons. The molecule has 0 fully saturated rings. The summed E-state index contributed by atoms with van der Waals surface area (Å²) in [6.07, 6.45) is 14.8. The third-order valence-corrected chi connectivity index (χ3v) is 12.4. The molecule has 0 saturated heterocycles. The Morgan fingerprint density at radius 2 is 0.641 bits per heavy atom. The van der Waals surface area contributed by atoms with Crippen LogP contribution in [0.2, 0.25) is 0 Å². The highest BCUT2D eigenvalue weighted by atomic mass is 15.2. The molecule has 0 aliphatic carbocycles. The molecule has 0 saturated carbocycles. The maximum atomic E-state index is 4.88. The van der Waals surface area contributed by atoms with Gasteiger partial charge in [-0.15, -0.1) is 0 Å². The molecule has 0 aliphatic heterocycles. The first kappa shape index (κ1) is 37.5. The lowest BCUT2D eigenvalue weighted by molar-refractivity contribution is 0.875. The van der Waals surface area contributed by atoms with Crippen molar-refractivity contribution in [3.8, 4) is 0 Å². The molecule has 12 rings (SSSR count). The Labute approximate surface area is 368 Å². The van der Waals surface area contributed by atoms with Gasteiger partial charge in [0.1, 0.15) is 0 Å². The number of benzene rings is 4. The minimum absolute atomic E-state index is 0.207. The molecule has 0 bridgehead atoms. The van der Waals surface area contributed by atoms with E-state index in [0.29, 0.717) is 22.6 Å². The third-order valence-electron chi connectivity index (χ3n) is 12.4. The minimum atomic E-state index is 0.207. The van der Waals surface area contributed by atoms with Crippen LogP contribution in [0.25, 0.3) is 76.5 Å². The molecule has 0 atom stereocenters. The summed E-state index contributed by atoms with van der Waals surface area (Å²) in [7, 11) is 0. The van der Waals surface area contributed by atoms with Gasteiger partial charge in [-0.3, -0.25) is 0 Å². The van der Waals surface area contributed by atoms with Gasteiger partial charge < -0.3 is 9.80 Å². The fourth-order valence-electron chi connectivity index (χ4n) is 9.49. The van der Waals surface area contributed by atoms with Crippen LogP contribution >= 0.6 is 0 Å². The van der Waals surface area contributed by atoms with Crippen molar-refractivity contribution in [3.63, 3.8) is 0 Å². The first-order valence-corrected chi connectivity index (χ1v) is 21.6. The van der Waals surface area contributed by atoms with Crippen molar-refractivity contribution >= 4 is 111 Å². The summed E-state index contributed by atoms with van der Waals surface area (Å²) in [6, 6.07) is 38.8. The van der Waals surface area contributed by atoms with Crippen LogP contribution < -0.4 is 9.80 Å². The van der Waals surface area contributed by atoms with Gasteiger partial charge >= 0.3 is 0 Å². The predicted molar refractivity (Wildman–Crippen MR) is 260 cm³/mol. The number of nitrogens with zero attached hydrogens (tertiary/aromatic N) is 10. The molecule has 0 amide bonds. The largest absolute Gasteiger partial charge is 0.307 e. The van der Waals surface area contributed by atoms with Gasteiger partial charge in [0.2, 0.25) is 0 Å². The number of fused-ring (bicyclic) bond motifs is 4. The van der Waals surface area contributed by atoms with Crippen LogP contribution in [0.15, 0.2) is 159 Å². The van der Waals surface area contributed by atoms with Crippen molar-refractivity contribution < 1.29 is 0 Å². The van der Waals surface area contributed by atoms with E-state index in [1.165, 1.54) is 32.7 Å². The van der Waals surface area contributed by atoms with Crippen LogP contribution in [0.5, 0.6) is 0 Å². The van der Waals surface area contributed by atoms with Crippen LogP contribution in [0.1, 0.15) is 50.7 Å². The molecule has 64 heavy (non-hydrogen) atoms. The van der Waals surface area contributed by atoms with E-state index in [0.717, 1.165) is 66.4 Å². The second-order valence-corrected chi connectivity index (χ2v) is 17.0. The average molecular weight is 829 g/mol. The van der Waals surface area contributed by atoms with Crippen LogP contribution in [0.4, 0.5) is 34.1 Å². The normalized spacial score (nSPS) is 12.0. The van der Waals surface area contributed by atoms with Gasteiger partial charge in [0, 0.05) is 57.1 Å². The molecule has 10 nitrogen and oxygen atoms in total. The van der Waals surface area contributed by atoms with E-state index in [9.17, 15) is 0 Å². The summed E-state index contributed by atoms with van der Waals surface area (Å²) in [4.78, 5) is 42.4. The molecule has 306 valence electrons. The van der Waals surface area contributed by atoms with E-state index < -0.39 is 0 Å². The second kappa shape index (κ2) is 14.7. The van der Waals surface area contributed by atoms with Crippen LogP contribution in [0, 0.1) is 0 Å². The smallest absolute Gasteiger partial charge is 0.159 e. The van der Waals surface area contributed by atoms with E-state index in [1.54, 1.807) is 24.8 Å². The number of rotatable bonds is 8.